The van der Waals surface area contributed by atoms with Gasteiger partial charge in [0.2, 0.25) is 0 Å². The quantitative estimate of drug-likeness (QED) is 0.696. The van der Waals surface area contributed by atoms with E-state index in [0.717, 1.165) is 11.0 Å². The van der Waals surface area contributed by atoms with E-state index in [2.05, 4.69) is 10.3 Å². The molecule has 0 aliphatic heterocycles. The van der Waals surface area contributed by atoms with Crippen molar-refractivity contribution in [2.75, 3.05) is 5.32 Å². The number of benzene rings is 2. The molecule has 0 spiro atoms. The highest BCUT2D eigenvalue weighted by Gasteiger charge is 2.19. The fourth-order valence-corrected chi connectivity index (χ4v) is 2.81. The van der Waals surface area contributed by atoms with Crippen LogP contribution in [0.15, 0.2) is 48.5 Å². The zero-order valence-corrected chi connectivity index (χ0v) is 15.2. The molecule has 7 heteroatoms. The Morgan fingerprint density at radius 3 is 2.77 bits per heavy atom. The molecule has 1 heterocycles. The van der Waals surface area contributed by atoms with Gasteiger partial charge in [0, 0.05) is 10.7 Å². The van der Waals surface area contributed by atoms with Gasteiger partial charge in [-0.1, -0.05) is 29.8 Å². The van der Waals surface area contributed by atoms with Gasteiger partial charge in [-0.2, -0.15) is 0 Å². The Hall–Kier alpha value is -2.86. The molecule has 0 saturated carbocycles. The number of nitrogens with zero attached hydrogens (tertiary/aromatic N) is 2. The first kappa shape index (κ1) is 17.9. The van der Waals surface area contributed by atoms with Crippen LogP contribution >= 0.6 is 11.6 Å². The molecule has 0 radical (unpaired) electrons. The van der Waals surface area contributed by atoms with Gasteiger partial charge in [-0.05, 0) is 44.2 Å². The number of imidazole rings is 1. The Bertz CT molecular complexity index is 968. The molecule has 0 aliphatic rings. The molecule has 0 aliphatic carbocycles. The van der Waals surface area contributed by atoms with Crippen LogP contribution in [0.5, 0.6) is 0 Å². The summed E-state index contributed by atoms with van der Waals surface area (Å²) in [5, 5.41) is 3.18. The maximum absolute atomic E-state index is 12.3. The predicted octanol–water partition coefficient (Wildman–Crippen LogP) is 3.57. The lowest BCUT2D eigenvalue weighted by Crippen LogP contribution is -2.31. The van der Waals surface area contributed by atoms with Gasteiger partial charge in [0.05, 0.1) is 11.0 Å². The van der Waals surface area contributed by atoms with Crippen molar-refractivity contribution in [1.82, 2.24) is 9.55 Å². The lowest BCUT2D eigenvalue weighted by atomic mass is 10.3. The van der Waals surface area contributed by atoms with Crippen LogP contribution in [-0.2, 0) is 20.9 Å². The van der Waals surface area contributed by atoms with E-state index in [1.54, 1.807) is 28.8 Å². The smallest absolute Gasteiger partial charge is 0.326 e. The number of carbonyl (C=O) groups is 2. The van der Waals surface area contributed by atoms with Gasteiger partial charge in [-0.25, -0.2) is 4.98 Å². The highest BCUT2D eigenvalue weighted by atomic mass is 35.5. The van der Waals surface area contributed by atoms with Crippen molar-refractivity contribution >= 4 is 40.2 Å². The monoisotopic (exact) mass is 371 g/mol. The fourth-order valence-electron chi connectivity index (χ4n) is 2.62. The van der Waals surface area contributed by atoms with Gasteiger partial charge in [-0.15, -0.1) is 0 Å². The maximum atomic E-state index is 12.3. The summed E-state index contributed by atoms with van der Waals surface area (Å²) in [4.78, 5) is 28.9. The van der Waals surface area contributed by atoms with Crippen molar-refractivity contribution in [3.8, 4) is 0 Å². The summed E-state index contributed by atoms with van der Waals surface area (Å²) < 4.78 is 7.02. The molecule has 3 rings (SSSR count). The number of fused-ring (bicyclic) bond motifs is 1. The van der Waals surface area contributed by atoms with Gasteiger partial charge < -0.3 is 14.6 Å². The van der Waals surface area contributed by atoms with E-state index in [-0.39, 0.29) is 6.54 Å². The van der Waals surface area contributed by atoms with Crippen molar-refractivity contribution < 1.29 is 14.3 Å². The SMILES string of the molecule is Cc1nc2ccccc2n1CC(=O)OC(C)C(=O)Nc1cccc(Cl)c1. The molecule has 1 aromatic heterocycles. The molecule has 1 amide bonds. The number of rotatable bonds is 5. The molecule has 134 valence electrons. The third-order valence-corrected chi connectivity index (χ3v) is 4.14. The highest BCUT2D eigenvalue weighted by molar-refractivity contribution is 6.30. The van der Waals surface area contributed by atoms with E-state index < -0.39 is 18.0 Å². The molecule has 6 nitrogen and oxygen atoms in total. The first-order valence-electron chi connectivity index (χ1n) is 8.12. The minimum absolute atomic E-state index is 0.0128. The molecular formula is C19H18ClN3O3. The van der Waals surface area contributed by atoms with Crippen LogP contribution in [0.2, 0.25) is 5.02 Å². The second kappa shape index (κ2) is 7.58. The third kappa shape index (κ3) is 4.03. The number of para-hydroxylation sites is 2. The number of halogens is 1. The summed E-state index contributed by atoms with van der Waals surface area (Å²) in [6.45, 7) is 3.33. The summed E-state index contributed by atoms with van der Waals surface area (Å²) in [5.74, 6) is -0.225. The summed E-state index contributed by atoms with van der Waals surface area (Å²) in [6, 6.07) is 14.3. The van der Waals surface area contributed by atoms with Crippen LogP contribution in [0.4, 0.5) is 5.69 Å². The molecular weight excluding hydrogens is 354 g/mol. The molecule has 2 aromatic carbocycles. The number of hydrogen-bond donors (Lipinski definition) is 1. The van der Waals surface area contributed by atoms with Crippen LogP contribution in [0.3, 0.4) is 0 Å². The minimum atomic E-state index is -0.934. The highest BCUT2D eigenvalue weighted by Crippen LogP contribution is 2.17. The zero-order valence-electron chi connectivity index (χ0n) is 14.4. The van der Waals surface area contributed by atoms with Crippen molar-refractivity contribution in [2.45, 2.75) is 26.5 Å². The summed E-state index contributed by atoms with van der Waals surface area (Å²) in [7, 11) is 0. The van der Waals surface area contributed by atoms with E-state index in [1.165, 1.54) is 6.92 Å². The Morgan fingerprint density at radius 2 is 2.00 bits per heavy atom. The number of anilines is 1. The van der Waals surface area contributed by atoms with Crippen LogP contribution in [0.25, 0.3) is 11.0 Å². The van der Waals surface area contributed by atoms with E-state index in [4.69, 9.17) is 16.3 Å². The Kier molecular flexibility index (Phi) is 5.23. The number of ether oxygens (including phenoxy) is 1. The third-order valence-electron chi connectivity index (χ3n) is 3.90. The topological polar surface area (TPSA) is 73.2 Å². The number of aryl methyl sites for hydroxylation is 1. The number of nitrogens with one attached hydrogen (secondary N) is 1. The van der Waals surface area contributed by atoms with Crippen LogP contribution in [-0.4, -0.2) is 27.5 Å². The average Bonchev–Trinajstić information content (AvgIpc) is 2.90. The Morgan fingerprint density at radius 1 is 1.23 bits per heavy atom. The van der Waals surface area contributed by atoms with Gasteiger partial charge in [0.1, 0.15) is 12.4 Å². The Balaban J connectivity index is 1.63. The molecule has 1 atom stereocenters. The maximum Gasteiger partial charge on any atom is 0.326 e. The minimum Gasteiger partial charge on any atom is -0.451 e. The van der Waals surface area contributed by atoms with Crippen molar-refractivity contribution in [1.29, 1.82) is 0 Å². The summed E-state index contributed by atoms with van der Waals surface area (Å²) in [6.07, 6.45) is -0.934. The number of esters is 1. The standard InChI is InChI=1S/C19H18ClN3O3/c1-12(19(25)22-15-7-5-6-14(20)10-15)26-18(24)11-23-13(2)21-16-8-3-4-9-17(16)23/h3-10,12H,11H2,1-2H3,(H,22,25). The largest absolute Gasteiger partial charge is 0.451 e. The lowest BCUT2D eigenvalue weighted by molar-refractivity contribution is -0.153. The van der Waals surface area contributed by atoms with E-state index >= 15 is 0 Å². The normalized spacial score (nSPS) is 12.0. The first-order chi connectivity index (χ1) is 12.4. The van der Waals surface area contributed by atoms with Crippen LogP contribution < -0.4 is 5.32 Å². The van der Waals surface area contributed by atoms with Crippen molar-refractivity contribution in [2.24, 2.45) is 0 Å². The number of aromatic nitrogens is 2. The molecule has 1 unspecified atom stereocenters. The van der Waals surface area contributed by atoms with E-state index in [9.17, 15) is 9.59 Å². The Labute approximate surface area is 155 Å². The van der Waals surface area contributed by atoms with Gasteiger partial charge >= 0.3 is 5.97 Å². The van der Waals surface area contributed by atoms with Crippen molar-refractivity contribution in [3.05, 3.63) is 59.4 Å². The summed E-state index contributed by atoms with van der Waals surface area (Å²) >= 11 is 5.89. The van der Waals surface area contributed by atoms with E-state index in [1.807, 2.05) is 31.2 Å². The van der Waals surface area contributed by atoms with E-state index in [0.29, 0.717) is 16.5 Å². The number of hydrogen-bond acceptors (Lipinski definition) is 4. The van der Waals surface area contributed by atoms with Gasteiger partial charge in [0.25, 0.3) is 5.91 Å². The average molecular weight is 372 g/mol. The van der Waals surface area contributed by atoms with Gasteiger partial charge in [0.15, 0.2) is 6.10 Å². The van der Waals surface area contributed by atoms with Gasteiger partial charge in [-0.3, -0.25) is 9.59 Å². The van der Waals surface area contributed by atoms with Crippen LogP contribution in [0.1, 0.15) is 12.7 Å². The molecule has 1 N–H and O–H groups in total. The molecule has 0 fully saturated rings. The fraction of sp³-hybridized carbons (Fsp3) is 0.211. The molecule has 3 aromatic rings. The molecule has 26 heavy (non-hydrogen) atoms. The molecule has 0 bridgehead atoms. The van der Waals surface area contributed by atoms with Crippen LogP contribution in [0, 0.1) is 6.92 Å². The molecule has 0 saturated heterocycles. The van der Waals surface area contributed by atoms with Crippen molar-refractivity contribution in [3.63, 3.8) is 0 Å². The summed E-state index contributed by atoms with van der Waals surface area (Å²) in [5.41, 5.74) is 2.20. The predicted molar refractivity (Wildman–Crippen MR) is 100 cm³/mol. The number of carbonyl (C=O) groups excluding carboxylic acids is 2. The number of amides is 1. The second-order valence-corrected chi connectivity index (χ2v) is 6.30. The zero-order chi connectivity index (χ0) is 18.7. The first-order valence-corrected chi connectivity index (χ1v) is 8.49. The second-order valence-electron chi connectivity index (χ2n) is 5.87. The lowest BCUT2D eigenvalue weighted by Gasteiger charge is -2.14.